The third-order valence-electron chi connectivity index (χ3n) is 1.43. The molecule has 1 rings (SSSR count). The molecule has 0 saturated heterocycles. The quantitative estimate of drug-likeness (QED) is 0.355. The van der Waals surface area contributed by atoms with Crippen molar-refractivity contribution in [1.29, 1.82) is 0 Å². The summed E-state index contributed by atoms with van der Waals surface area (Å²) in [6.07, 6.45) is 0. The molecule has 0 radical (unpaired) electrons. The first kappa shape index (κ1) is 9.02. The highest BCUT2D eigenvalue weighted by Gasteiger charge is 1.93. The maximum atomic E-state index is 10.3. The zero-order chi connectivity index (χ0) is 8.97. The second-order valence-corrected chi connectivity index (χ2v) is 3.31. The molecule has 0 saturated carbocycles. The van der Waals surface area contributed by atoms with E-state index in [1.54, 1.807) is 24.3 Å². The van der Waals surface area contributed by atoms with E-state index in [9.17, 15) is 8.42 Å². The number of rotatable bonds is 3. The van der Waals surface area contributed by atoms with Gasteiger partial charge in [-0.15, -0.1) is 0 Å². The summed E-state index contributed by atoms with van der Waals surface area (Å²) in [7, 11) is -2.34. The van der Waals surface area contributed by atoms with Gasteiger partial charge in [0.2, 0.25) is 0 Å². The van der Waals surface area contributed by atoms with Crippen molar-refractivity contribution in [2.75, 3.05) is 5.43 Å². The Morgan fingerprint density at radius 3 is 2.25 bits per heavy atom. The molecule has 4 nitrogen and oxygen atoms in total. The van der Waals surface area contributed by atoms with Crippen molar-refractivity contribution < 1.29 is 8.42 Å². The van der Waals surface area contributed by atoms with Crippen LogP contribution in [0, 0.1) is 0 Å². The molecule has 0 amide bonds. The summed E-state index contributed by atoms with van der Waals surface area (Å²) in [4.78, 5) is 0. The first-order valence-electron chi connectivity index (χ1n) is 3.39. The van der Waals surface area contributed by atoms with Crippen LogP contribution in [0.25, 0.3) is 0 Å². The van der Waals surface area contributed by atoms with Crippen LogP contribution >= 0.6 is 0 Å². The van der Waals surface area contributed by atoms with Crippen molar-refractivity contribution in [3.05, 3.63) is 29.8 Å². The van der Waals surface area contributed by atoms with Crippen LogP contribution in [0.3, 0.4) is 0 Å². The number of hydrogen-bond donors (Lipinski definition) is 3. The van der Waals surface area contributed by atoms with Gasteiger partial charge in [-0.1, -0.05) is 12.1 Å². The Bertz CT molecular complexity index is 311. The Morgan fingerprint density at radius 2 is 1.83 bits per heavy atom. The summed E-state index contributed by atoms with van der Waals surface area (Å²) in [6, 6.07) is 6.91. The number of anilines is 1. The third-order valence-corrected chi connectivity index (χ3v) is 2.06. The highest BCUT2D eigenvalue weighted by Crippen LogP contribution is 2.08. The van der Waals surface area contributed by atoms with E-state index in [4.69, 9.17) is 5.84 Å². The standard InChI is InChI=1S/C7H10N2O2S/c8-9-7-3-1-6(2-4-7)5-12(10)11/h1-4,9,12H,5,8H2. The van der Waals surface area contributed by atoms with Gasteiger partial charge < -0.3 is 5.43 Å². The van der Waals surface area contributed by atoms with Crippen molar-refractivity contribution in [2.24, 2.45) is 5.84 Å². The van der Waals surface area contributed by atoms with Gasteiger partial charge >= 0.3 is 0 Å². The summed E-state index contributed by atoms with van der Waals surface area (Å²) in [5.74, 6) is 5.22. The number of benzene rings is 1. The summed E-state index contributed by atoms with van der Waals surface area (Å²) in [5.41, 5.74) is 3.99. The van der Waals surface area contributed by atoms with E-state index < -0.39 is 10.7 Å². The monoisotopic (exact) mass is 186 g/mol. The van der Waals surface area contributed by atoms with E-state index in [-0.39, 0.29) is 5.75 Å². The normalized spacial score (nSPS) is 10.2. The fraction of sp³-hybridized carbons (Fsp3) is 0.143. The van der Waals surface area contributed by atoms with E-state index in [0.29, 0.717) is 0 Å². The molecule has 0 fully saturated rings. The predicted octanol–water partition coefficient (Wildman–Crippen LogP) is 0.0836. The molecule has 1 aromatic rings. The molecule has 0 heterocycles. The van der Waals surface area contributed by atoms with Crippen LogP contribution in [-0.2, 0) is 16.5 Å². The average molecular weight is 186 g/mol. The minimum absolute atomic E-state index is 0.0835. The van der Waals surface area contributed by atoms with Gasteiger partial charge in [0.05, 0.1) is 5.75 Å². The molecule has 0 unspecified atom stereocenters. The van der Waals surface area contributed by atoms with Crippen LogP contribution < -0.4 is 11.3 Å². The molecule has 0 aliphatic rings. The number of thiol groups is 1. The fourth-order valence-corrected chi connectivity index (χ4v) is 1.36. The van der Waals surface area contributed by atoms with Gasteiger partial charge in [-0.2, -0.15) is 0 Å². The van der Waals surface area contributed by atoms with Gasteiger partial charge in [-0.25, -0.2) is 8.42 Å². The summed E-state index contributed by atoms with van der Waals surface area (Å²) >= 11 is 0. The van der Waals surface area contributed by atoms with Crippen LogP contribution in [0.15, 0.2) is 24.3 Å². The van der Waals surface area contributed by atoms with Crippen LogP contribution in [0.4, 0.5) is 5.69 Å². The van der Waals surface area contributed by atoms with E-state index in [2.05, 4.69) is 5.43 Å². The van der Waals surface area contributed by atoms with E-state index in [1.165, 1.54) is 0 Å². The lowest BCUT2D eigenvalue weighted by Gasteiger charge is -1.99. The Hall–Kier alpha value is -1.07. The Morgan fingerprint density at radius 1 is 1.25 bits per heavy atom. The molecule has 1 aromatic carbocycles. The number of nitrogens with one attached hydrogen (secondary N) is 1. The van der Waals surface area contributed by atoms with Crippen LogP contribution in [0.5, 0.6) is 0 Å². The minimum Gasteiger partial charge on any atom is -0.324 e. The molecule has 0 aromatic heterocycles. The maximum absolute atomic E-state index is 10.3. The van der Waals surface area contributed by atoms with Crippen molar-refractivity contribution >= 4 is 16.4 Å². The van der Waals surface area contributed by atoms with Crippen molar-refractivity contribution in [3.63, 3.8) is 0 Å². The Balaban J connectivity index is 2.77. The second-order valence-electron chi connectivity index (χ2n) is 2.33. The molecule has 0 bridgehead atoms. The summed E-state index contributed by atoms with van der Waals surface area (Å²) < 4.78 is 20.6. The van der Waals surface area contributed by atoms with Crippen LogP contribution in [0.1, 0.15) is 5.56 Å². The highest BCUT2D eigenvalue weighted by molar-refractivity contribution is 7.71. The number of hydrazine groups is 1. The molecular formula is C7H10N2O2S. The SMILES string of the molecule is NNc1ccc(C[SH](=O)=O)cc1. The van der Waals surface area contributed by atoms with Gasteiger partial charge in [-0.05, 0) is 17.7 Å². The third kappa shape index (κ3) is 2.52. The molecular weight excluding hydrogens is 176 g/mol. The van der Waals surface area contributed by atoms with Gasteiger partial charge in [0.25, 0.3) is 0 Å². The molecule has 12 heavy (non-hydrogen) atoms. The van der Waals surface area contributed by atoms with Gasteiger partial charge in [0, 0.05) is 5.69 Å². The number of hydrogen-bond acceptors (Lipinski definition) is 4. The van der Waals surface area contributed by atoms with E-state index in [1.807, 2.05) is 0 Å². The molecule has 5 heteroatoms. The van der Waals surface area contributed by atoms with E-state index >= 15 is 0 Å². The smallest absolute Gasteiger partial charge is 0.144 e. The molecule has 0 spiro atoms. The molecule has 0 aliphatic carbocycles. The summed E-state index contributed by atoms with van der Waals surface area (Å²) in [5, 5.41) is 0. The Kier molecular flexibility index (Phi) is 3.07. The van der Waals surface area contributed by atoms with Crippen molar-refractivity contribution in [2.45, 2.75) is 5.75 Å². The predicted molar refractivity (Wildman–Crippen MR) is 48.3 cm³/mol. The van der Waals surface area contributed by atoms with Gasteiger partial charge in [0.15, 0.2) is 0 Å². The average Bonchev–Trinajstić information content (AvgIpc) is 2.05. The number of nitrogens with two attached hydrogens (primary N) is 1. The number of nitrogen functional groups attached to an aromatic ring is 1. The van der Waals surface area contributed by atoms with Crippen LogP contribution in [0.2, 0.25) is 0 Å². The first-order chi connectivity index (χ1) is 5.72. The highest BCUT2D eigenvalue weighted by atomic mass is 32.2. The van der Waals surface area contributed by atoms with Gasteiger partial charge in [-0.3, -0.25) is 5.84 Å². The molecule has 0 atom stereocenters. The zero-order valence-corrected chi connectivity index (χ0v) is 7.25. The lowest BCUT2D eigenvalue weighted by molar-refractivity contribution is 0.614. The van der Waals surface area contributed by atoms with Crippen LogP contribution in [-0.4, -0.2) is 8.42 Å². The molecule has 66 valence electrons. The molecule has 3 N–H and O–H groups in total. The minimum atomic E-state index is -2.34. The zero-order valence-electron chi connectivity index (χ0n) is 6.36. The van der Waals surface area contributed by atoms with Crippen molar-refractivity contribution in [1.82, 2.24) is 0 Å². The topological polar surface area (TPSA) is 72.2 Å². The first-order valence-corrected chi connectivity index (χ1v) is 4.76. The molecule has 0 aliphatic heterocycles. The summed E-state index contributed by atoms with van der Waals surface area (Å²) in [6.45, 7) is 0. The maximum Gasteiger partial charge on any atom is 0.144 e. The fourth-order valence-electron chi connectivity index (χ4n) is 0.855. The lowest BCUT2D eigenvalue weighted by atomic mass is 10.2. The lowest BCUT2D eigenvalue weighted by Crippen LogP contribution is -2.06. The Labute approximate surface area is 72.3 Å². The van der Waals surface area contributed by atoms with Gasteiger partial charge in [0.1, 0.15) is 10.7 Å². The van der Waals surface area contributed by atoms with Crippen molar-refractivity contribution in [3.8, 4) is 0 Å². The van der Waals surface area contributed by atoms with E-state index in [0.717, 1.165) is 11.3 Å². The largest absolute Gasteiger partial charge is 0.324 e. The second kappa shape index (κ2) is 4.08.